The number of ether oxygens (including phenoxy) is 1. The number of rotatable bonds is 2. The highest BCUT2D eigenvalue weighted by Crippen LogP contribution is 2.34. The summed E-state index contributed by atoms with van der Waals surface area (Å²) in [6.45, 7) is 0.770. The lowest BCUT2D eigenvalue weighted by molar-refractivity contribution is -0.118. The predicted molar refractivity (Wildman–Crippen MR) is 92.6 cm³/mol. The Balaban J connectivity index is 1.50. The van der Waals surface area contributed by atoms with Gasteiger partial charge < -0.3 is 20.3 Å². The van der Waals surface area contributed by atoms with E-state index in [0.717, 1.165) is 19.4 Å². The van der Waals surface area contributed by atoms with Gasteiger partial charge >= 0.3 is 6.03 Å². The summed E-state index contributed by atoms with van der Waals surface area (Å²) in [4.78, 5) is 25.9. The molecule has 3 amide bonds. The number of nitrogens with zero attached hydrogens (tertiary/aromatic N) is 1. The molecule has 1 fully saturated rings. The van der Waals surface area contributed by atoms with Gasteiger partial charge in [-0.1, -0.05) is 0 Å². The van der Waals surface area contributed by atoms with Gasteiger partial charge in [-0.15, -0.1) is 0 Å². The predicted octanol–water partition coefficient (Wildman–Crippen LogP) is 3.45. The highest BCUT2D eigenvalue weighted by molar-refractivity contribution is 7.08. The smallest absolute Gasteiger partial charge is 0.322 e. The van der Waals surface area contributed by atoms with Crippen molar-refractivity contribution in [2.75, 3.05) is 23.8 Å². The number of nitrogens with one attached hydrogen (secondary N) is 2. The van der Waals surface area contributed by atoms with Gasteiger partial charge in [-0.3, -0.25) is 4.79 Å². The Morgan fingerprint density at radius 2 is 2.29 bits per heavy atom. The molecule has 2 N–H and O–H groups in total. The fourth-order valence-corrected chi connectivity index (χ4v) is 3.88. The topological polar surface area (TPSA) is 70.7 Å². The van der Waals surface area contributed by atoms with Crippen molar-refractivity contribution in [1.29, 1.82) is 0 Å². The number of carbonyl (C=O) groups is 2. The third-order valence-corrected chi connectivity index (χ3v) is 5.01. The van der Waals surface area contributed by atoms with E-state index in [0.29, 0.717) is 17.1 Å². The standard InChI is InChI=1S/C17H17N3O3S/c21-16-9-23-15-4-3-12(8-13(15)19-16)18-17(22)20-6-1-2-14(20)11-5-7-24-10-11/h3-5,7-8,10,14H,1-2,6,9H2,(H,18,22)(H,19,21). The van der Waals surface area contributed by atoms with Gasteiger partial charge in [0.2, 0.25) is 0 Å². The first-order valence-corrected chi connectivity index (χ1v) is 8.81. The molecule has 2 aromatic rings. The molecule has 24 heavy (non-hydrogen) atoms. The second-order valence-electron chi connectivity index (χ2n) is 5.89. The molecule has 2 aliphatic rings. The van der Waals surface area contributed by atoms with E-state index in [1.54, 1.807) is 29.5 Å². The highest BCUT2D eigenvalue weighted by Gasteiger charge is 2.30. The van der Waals surface area contributed by atoms with Crippen LogP contribution in [-0.2, 0) is 4.79 Å². The Morgan fingerprint density at radius 1 is 1.38 bits per heavy atom. The fourth-order valence-electron chi connectivity index (χ4n) is 3.18. The molecule has 7 heteroatoms. The van der Waals surface area contributed by atoms with E-state index in [-0.39, 0.29) is 24.6 Å². The Bertz CT molecular complexity index is 775. The van der Waals surface area contributed by atoms with Crippen molar-refractivity contribution in [3.05, 3.63) is 40.6 Å². The summed E-state index contributed by atoms with van der Waals surface area (Å²) in [6, 6.07) is 7.35. The van der Waals surface area contributed by atoms with Gasteiger partial charge in [0.05, 0.1) is 11.7 Å². The first-order valence-electron chi connectivity index (χ1n) is 7.87. The molecule has 1 unspecified atom stereocenters. The van der Waals surface area contributed by atoms with Crippen molar-refractivity contribution in [1.82, 2.24) is 4.90 Å². The van der Waals surface area contributed by atoms with Crippen molar-refractivity contribution in [2.45, 2.75) is 18.9 Å². The fraction of sp³-hybridized carbons (Fsp3) is 0.294. The second kappa shape index (κ2) is 6.16. The van der Waals surface area contributed by atoms with E-state index in [9.17, 15) is 9.59 Å². The van der Waals surface area contributed by atoms with Crippen LogP contribution in [0.2, 0.25) is 0 Å². The van der Waals surface area contributed by atoms with Crippen LogP contribution >= 0.6 is 11.3 Å². The average molecular weight is 343 g/mol. The molecule has 1 atom stereocenters. The second-order valence-corrected chi connectivity index (χ2v) is 6.67. The molecule has 1 aromatic carbocycles. The van der Waals surface area contributed by atoms with Crippen LogP contribution in [0.25, 0.3) is 0 Å². The van der Waals surface area contributed by atoms with Crippen molar-refractivity contribution in [3.63, 3.8) is 0 Å². The zero-order chi connectivity index (χ0) is 16.5. The number of hydrogen-bond acceptors (Lipinski definition) is 4. The van der Waals surface area contributed by atoms with Gasteiger partial charge in [0.25, 0.3) is 5.91 Å². The minimum absolute atomic E-state index is 0.0226. The third-order valence-electron chi connectivity index (χ3n) is 4.31. The van der Waals surface area contributed by atoms with Crippen LogP contribution in [0.4, 0.5) is 16.2 Å². The molecule has 1 aromatic heterocycles. The maximum Gasteiger partial charge on any atom is 0.322 e. The number of likely N-dealkylation sites (tertiary alicyclic amines) is 1. The van der Waals surface area contributed by atoms with Crippen LogP contribution in [0.15, 0.2) is 35.0 Å². The minimum atomic E-state index is -0.192. The number of benzene rings is 1. The van der Waals surface area contributed by atoms with Crippen molar-refractivity contribution < 1.29 is 14.3 Å². The van der Waals surface area contributed by atoms with Crippen LogP contribution < -0.4 is 15.4 Å². The monoisotopic (exact) mass is 343 g/mol. The lowest BCUT2D eigenvalue weighted by Gasteiger charge is -2.25. The van der Waals surface area contributed by atoms with E-state index in [2.05, 4.69) is 22.1 Å². The Morgan fingerprint density at radius 3 is 3.12 bits per heavy atom. The molecule has 0 bridgehead atoms. The Labute approximate surface area is 143 Å². The first-order chi connectivity index (χ1) is 11.7. The van der Waals surface area contributed by atoms with Crippen LogP contribution in [0.1, 0.15) is 24.4 Å². The molecule has 1 saturated heterocycles. The van der Waals surface area contributed by atoms with E-state index >= 15 is 0 Å². The molecule has 0 spiro atoms. The van der Waals surface area contributed by atoms with Gasteiger partial charge in [0.15, 0.2) is 6.61 Å². The number of fused-ring (bicyclic) bond motifs is 1. The number of amides is 3. The first kappa shape index (κ1) is 15.0. The summed E-state index contributed by atoms with van der Waals surface area (Å²) < 4.78 is 5.33. The zero-order valence-corrected chi connectivity index (χ0v) is 13.8. The average Bonchev–Trinajstić information content (AvgIpc) is 3.25. The van der Waals surface area contributed by atoms with Crippen LogP contribution in [-0.4, -0.2) is 30.0 Å². The third kappa shape index (κ3) is 2.82. The molecule has 0 radical (unpaired) electrons. The summed E-state index contributed by atoms with van der Waals surface area (Å²) in [5, 5.41) is 9.81. The van der Waals surface area contributed by atoms with Crippen LogP contribution in [0.5, 0.6) is 5.75 Å². The van der Waals surface area contributed by atoms with Gasteiger partial charge in [0.1, 0.15) is 5.75 Å². The van der Waals surface area contributed by atoms with Gasteiger partial charge in [-0.2, -0.15) is 11.3 Å². The summed E-state index contributed by atoms with van der Waals surface area (Å²) >= 11 is 1.65. The number of carbonyl (C=O) groups excluding carboxylic acids is 2. The molecule has 0 saturated carbocycles. The SMILES string of the molecule is O=C1COc2ccc(NC(=O)N3CCCC3c3ccsc3)cc2N1. The summed E-state index contributed by atoms with van der Waals surface area (Å²) in [7, 11) is 0. The molecule has 0 aliphatic carbocycles. The molecule has 6 nitrogen and oxygen atoms in total. The van der Waals surface area contributed by atoms with E-state index in [4.69, 9.17) is 4.74 Å². The molecular formula is C17H17N3O3S. The number of thiophene rings is 1. The van der Waals surface area contributed by atoms with Crippen molar-refractivity contribution in [2.24, 2.45) is 0 Å². The highest BCUT2D eigenvalue weighted by atomic mass is 32.1. The number of urea groups is 1. The van der Waals surface area contributed by atoms with E-state index in [1.165, 1.54) is 5.56 Å². The van der Waals surface area contributed by atoms with E-state index in [1.807, 2.05) is 10.3 Å². The number of anilines is 2. The molecule has 124 valence electrons. The maximum absolute atomic E-state index is 12.7. The summed E-state index contributed by atoms with van der Waals surface area (Å²) in [6.07, 6.45) is 1.99. The zero-order valence-electron chi connectivity index (χ0n) is 13.0. The van der Waals surface area contributed by atoms with Gasteiger partial charge in [-0.05, 0) is 53.4 Å². The lowest BCUT2D eigenvalue weighted by atomic mass is 10.1. The summed E-state index contributed by atoms with van der Waals surface area (Å²) in [5.41, 5.74) is 2.42. The normalized spacial score (nSPS) is 19.4. The van der Waals surface area contributed by atoms with Crippen LogP contribution in [0.3, 0.4) is 0 Å². The van der Waals surface area contributed by atoms with Gasteiger partial charge in [0, 0.05) is 12.2 Å². The lowest BCUT2D eigenvalue weighted by Crippen LogP contribution is -2.34. The molecule has 2 aliphatic heterocycles. The van der Waals surface area contributed by atoms with E-state index < -0.39 is 0 Å². The van der Waals surface area contributed by atoms with Crippen LogP contribution in [0, 0.1) is 0 Å². The molecule has 3 heterocycles. The van der Waals surface area contributed by atoms with Gasteiger partial charge in [-0.25, -0.2) is 4.79 Å². The van der Waals surface area contributed by atoms with Crippen molar-refractivity contribution in [3.8, 4) is 5.75 Å². The Kier molecular flexibility index (Phi) is 3.86. The number of hydrogen-bond donors (Lipinski definition) is 2. The largest absolute Gasteiger partial charge is 0.482 e. The summed E-state index contributed by atoms with van der Waals surface area (Å²) in [5.74, 6) is 0.424. The minimum Gasteiger partial charge on any atom is -0.482 e. The molecular weight excluding hydrogens is 326 g/mol. The maximum atomic E-state index is 12.7. The quantitative estimate of drug-likeness (QED) is 0.877. The molecule has 4 rings (SSSR count). The van der Waals surface area contributed by atoms with Crippen molar-refractivity contribution >= 4 is 34.6 Å². The Hall–Kier alpha value is -2.54.